The molecule has 6 aromatic carbocycles. The van der Waals surface area contributed by atoms with Gasteiger partial charge in [0.2, 0.25) is 12.5 Å². The van der Waals surface area contributed by atoms with E-state index in [1.54, 1.807) is 35.7 Å². The molecule has 3 atom stereocenters. The maximum Gasteiger partial charge on any atom is 0.347 e. The normalized spacial score (nSPS) is 17.0. The van der Waals surface area contributed by atoms with Crippen molar-refractivity contribution in [3.63, 3.8) is 0 Å². The molecule has 9 aromatic rings. The zero-order chi connectivity index (χ0) is 54.9. The van der Waals surface area contributed by atoms with Crippen LogP contribution in [0.4, 0.5) is 5.13 Å². The smallest absolute Gasteiger partial charge is 0.347 e. The minimum absolute atomic E-state index is 0.0170. The molecule has 2 N–H and O–H groups in total. The maximum absolute atomic E-state index is 14.8. The van der Waals surface area contributed by atoms with Crippen LogP contribution in [-0.2, 0) is 45.6 Å². The average molecular weight is 1140 g/mol. The second-order valence-electron chi connectivity index (χ2n) is 18.8. The number of benzene rings is 6. The summed E-state index contributed by atoms with van der Waals surface area (Å²) in [6.45, 7) is -0.596. The van der Waals surface area contributed by atoms with Crippen molar-refractivity contribution in [3.8, 4) is 5.75 Å². The van der Waals surface area contributed by atoms with E-state index in [9.17, 15) is 19.2 Å². The number of thioether (sulfide) groups is 2. The number of anilines is 1. The lowest BCUT2D eigenvalue weighted by molar-refractivity contribution is -0.162. The van der Waals surface area contributed by atoms with Crippen LogP contribution in [0.15, 0.2) is 209 Å². The first kappa shape index (κ1) is 53.6. The summed E-state index contributed by atoms with van der Waals surface area (Å²) in [4.78, 5) is 78.6. The van der Waals surface area contributed by atoms with Gasteiger partial charge in [-0.2, -0.15) is 0 Å². The summed E-state index contributed by atoms with van der Waals surface area (Å²) in [5.74, 6) is -1.14. The summed E-state index contributed by atoms with van der Waals surface area (Å²) in [6.07, 6.45) is 0.940. The molecule has 2 aliphatic rings. The number of hydrogen-bond acceptors (Lipinski definition) is 17. The van der Waals surface area contributed by atoms with Crippen LogP contribution in [0.5, 0.6) is 5.75 Å². The molecule has 402 valence electrons. The lowest BCUT2D eigenvalue weighted by atomic mass is 9.77. The molecule has 2 amide bonds. The minimum atomic E-state index is -1.14. The maximum atomic E-state index is 14.8. The van der Waals surface area contributed by atoms with Gasteiger partial charge in [0.25, 0.3) is 5.91 Å². The van der Waals surface area contributed by atoms with E-state index in [1.807, 2.05) is 176 Å². The topological polar surface area (TPSA) is 184 Å². The van der Waals surface area contributed by atoms with E-state index in [-0.39, 0.29) is 36.1 Å². The van der Waals surface area contributed by atoms with Gasteiger partial charge < -0.3 is 34.6 Å². The Hall–Kier alpha value is -8.36. The number of nitrogens with zero attached hydrogens (tertiary/aromatic N) is 5. The SMILES string of the molecule is COc1ccc(COC(=O)C2(CSc3nc4ncccc4s3)CS[C@@H]3C(NC(=O)C(=NOCC(=O)OC(c4ccccc4)c4ccccc4)c4csc(NC(c5ccccc5)(c5ccccc5)c5ccccc5)n4)C(=O)N3C2)cc1. The van der Waals surface area contributed by atoms with Crippen molar-refractivity contribution < 1.29 is 38.2 Å². The standard InChI is InChI=1S/C61H51N7O8S4/c1-73-46-31-29-40(30-32-46)34-74-57(72)60(39-79-59-65-53-48(80-59)28-17-33-62-53)37-68-55(71)51(56(68)78-38-60)64-54(70)50(67-75-35-49(69)76-52(41-18-7-2-8-19-41)42-20-9-3-10-21-42)47-36-77-58(63-47)66-61(43-22-11-4-12-23-43,44-24-13-5-14-25-44)45-26-15-6-16-27-45/h2-33,36,51-52,56H,34-35,37-39H2,1H3,(H,63,66)(H,64,70)/t51?,56-,60?/m1/s1. The lowest BCUT2D eigenvalue weighted by Crippen LogP contribution is -2.74. The van der Waals surface area contributed by atoms with Crippen LogP contribution in [0.25, 0.3) is 10.3 Å². The number of esters is 2. The van der Waals surface area contributed by atoms with Gasteiger partial charge in [0.1, 0.15) is 40.4 Å². The van der Waals surface area contributed by atoms with E-state index in [0.29, 0.717) is 16.5 Å². The quantitative estimate of drug-likeness (QED) is 0.0173. The number of oxime groups is 1. The molecule has 80 heavy (non-hydrogen) atoms. The van der Waals surface area contributed by atoms with Gasteiger partial charge in [-0.15, -0.1) is 34.4 Å². The molecule has 11 rings (SSSR count). The van der Waals surface area contributed by atoms with E-state index in [2.05, 4.69) is 20.8 Å². The fourth-order valence-electron chi connectivity index (χ4n) is 9.63. The largest absolute Gasteiger partial charge is 0.497 e. The van der Waals surface area contributed by atoms with Crippen LogP contribution in [0.1, 0.15) is 45.2 Å². The summed E-state index contributed by atoms with van der Waals surface area (Å²) in [5.41, 5.74) is 3.46. The second kappa shape index (κ2) is 24.3. The van der Waals surface area contributed by atoms with Crippen LogP contribution in [0.3, 0.4) is 0 Å². The number of amides is 2. The van der Waals surface area contributed by atoms with Gasteiger partial charge in [-0.05, 0) is 57.6 Å². The number of carbonyl (C=O) groups is 4. The summed E-state index contributed by atoms with van der Waals surface area (Å²) < 4.78 is 19.0. The molecule has 0 bridgehead atoms. The van der Waals surface area contributed by atoms with Crippen LogP contribution in [-0.4, -0.2) is 92.5 Å². The molecular formula is C61H51N7O8S4. The van der Waals surface area contributed by atoms with Gasteiger partial charge in [0.05, 0.1) is 11.8 Å². The van der Waals surface area contributed by atoms with Gasteiger partial charge in [0, 0.05) is 29.6 Å². The molecule has 0 saturated carbocycles. The highest BCUT2D eigenvalue weighted by atomic mass is 32.2. The number of pyridine rings is 1. The molecule has 5 heterocycles. The molecule has 2 fully saturated rings. The number of hydrogen-bond donors (Lipinski definition) is 2. The number of rotatable bonds is 21. The van der Waals surface area contributed by atoms with Crippen molar-refractivity contribution in [3.05, 3.63) is 239 Å². The molecule has 0 aliphatic carbocycles. The summed E-state index contributed by atoms with van der Waals surface area (Å²) in [5, 5.41) is 12.5. The number of methoxy groups -OCH3 is 1. The Bertz CT molecular complexity index is 3470. The number of β-lactam (4-membered cyclic amide) rings is 1. The van der Waals surface area contributed by atoms with E-state index in [0.717, 1.165) is 42.4 Å². The van der Waals surface area contributed by atoms with Crippen LogP contribution in [0, 0.1) is 5.41 Å². The van der Waals surface area contributed by atoms with Crippen molar-refractivity contribution in [1.29, 1.82) is 0 Å². The lowest BCUT2D eigenvalue weighted by Gasteiger charge is -2.54. The third kappa shape index (κ3) is 11.5. The van der Waals surface area contributed by atoms with Crippen molar-refractivity contribution in [1.82, 2.24) is 25.2 Å². The highest BCUT2D eigenvalue weighted by Gasteiger charge is 2.58. The highest BCUT2D eigenvalue weighted by molar-refractivity contribution is 8.01. The fraction of sp³-hybridized carbons (Fsp3) is 0.180. The Kier molecular flexibility index (Phi) is 16.3. The number of nitrogens with one attached hydrogen (secondary N) is 2. The first-order valence-electron chi connectivity index (χ1n) is 25.5. The summed E-state index contributed by atoms with van der Waals surface area (Å²) in [7, 11) is 1.58. The number of thiazole rings is 2. The third-order valence-corrected chi connectivity index (χ3v) is 18.5. The molecule has 15 nitrogen and oxygen atoms in total. The Morgan fingerprint density at radius 3 is 2.00 bits per heavy atom. The molecule has 2 saturated heterocycles. The van der Waals surface area contributed by atoms with E-state index in [4.69, 9.17) is 29.0 Å². The fourth-order valence-corrected chi connectivity index (χ4v) is 14.2. The van der Waals surface area contributed by atoms with Crippen LogP contribution >= 0.6 is 46.2 Å². The number of ether oxygens (including phenoxy) is 3. The van der Waals surface area contributed by atoms with Crippen molar-refractivity contribution in [2.75, 3.05) is 37.1 Å². The summed E-state index contributed by atoms with van der Waals surface area (Å²) >= 11 is 5.52. The van der Waals surface area contributed by atoms with E-state index >= 15 is 0 Å². The zero-order valence-electron chi connectivity index (χ0n) is 43.0. The predicted molar refractivity (Wildman–Crippen MR) is 312 cm³/mol. The average Bonchev–Trinajstić information content (AvgIpc) is 4.31. The number of aromatic nitrogens is 3. The van der Waals surface area contributed by atoms with Gasteiger partial charge in [-0.25, -0.2) is 19.7 Å². The van der Waals surface area contributed by atoms with Crippen molar-refractivity contribution in [2.24, 2.45) is 10.6 Å². The minimum Gasteiger partial charge on any atom is -0.497 e. The van der Waals surface area contributed by atoms with E-state index in [1.165, 1.54) is 46.2 Å². The van der Waals surface area contributed by atoms with Crippen LogP contribution < -0.4 is 15.4 Å². The predicted octanol–water partition coefficient (Wildman–Crippen LogP) is 10.5. The molecule has 0 radical (unpaired) electrons. The van der Waals surface area contributed by atoms with Gasteiger partial charge in [-0.1, -0.05) is 181 Å². The van der Waals surface area contributed by atoms with E-state index < -0.39 is 58.8 Å². The van der Waals surface area contributed by atoms with Gasteiger partial charge in [0.15, 0.2) is 26.9 Å². The third-order valence-electron chi connectivity index (χ3n) is 13.7. The molecular weight excluding hydrogens is 1090 g/mol. The Labute approximate surface area is 477 Å². The van der Waals surface area contributed by atoms with Crippen LogP contribution in [0.2, 0.25) is 0 Å². The number of fused-ring (bicyclic) bond motifs is 2. The Morgan fingerprint density at radius 1 is 0.787 bits per heavy atom. The summed E-state index contributed by atoms with van der Waals surface area (Å²) in [6, 6.07) is 58.8. The molecule has 19 heteroatoms. The molecule has 0 spiro atoms. The highest BCUT2D eigenvalue weighted by Crippen LogP contribution is 2.46. The monoisotopic (exact) mass is 1140 g/mol. The van der Waals surface area contributed by atoms with Crippen molar-refractivity contribution in [2.45, 2.75) is 34.0 Å². The second-order valence-corrected chi connectivity index (χ2v) is 23.0. The molecule has 2 unspecified atom stereocenters. The Morgan fingerprint density at radius 2 is 1.40 bits per heavy atom. The van der Waals surface area contributed by atoms with Gasteiger partial charge in [-0.3, -0.25) is 14.4 Å². The number of carbonyl (C=O) groups excluding carboxylic acids is 4. The first-order chi connectivity index (χ1) is 39.2. The first-order valence-corrected chi connectivity index (χ1v) is 29.2. The van der Waals surface area contributed by atoms with Gasteiger partial charge >= 0.3 is 11.9 Å². The Balaban J connectivity index is 0.861. The zero-order valence-corrected chi connectivity index (χ0v) is 46.2. The van der Waals surface area contributed by atoms with Crippen molar-refractivity contribution >= 4 is 91.1 Å². The molecule has 2 aliphatic heterocycles. The molecule has 3 aromatic heterocycles.